The Labute approximate surface area is 231 Å². The summed E-state index contributed by atoms with van der Waals surface area (Å²) in [6.07, 6.45) is 3.43. The van der Waals surface area contributed by atoms with Crippen molar-refractivity contribution in [2.24, 2.45) is 0 Å². The van der Waals surface area contributed by atoms with Crippen molar-refractivity contribution in [2.75, 3.05) is 0 Å². The van der Waals surface area contributed by atoms with E-state index in [1.54, 1.807) is 0 Å². The Kier molecular flexibility index (Phi) is 4.53. The minimum absolute atomic E-state index is 0.841. The minimum Gasteiger partial charge on any atom is -0.358 e. The summed E-state index contributed by atoms with van der Waals surface area (Å²) < 4.78 is 0. The van der Waals surface area contributed by atoms with Crippen molar-refractivity contribution in [3.8, 4) is 0 Å². The molecule has 4 aromatic carbocycles. The van der Waals surface area contributed by atoms with Crippen LogP contribution < -0.4 is 0 Å². The number of nitrogens with one attached hydrogen (secondary N) is 4. The molecule has 5 heterocycles. The molecule has 0 saturated carbocycles. The van der Waals surface area contributed by atoms with Crippen LogP contribution in [0.2, 0.25) is 0 Å². The smallest absolute Gasteiger partial charge is 0.0492 e. The molecular weight excluding hydrogens is 488 g/mol. The molecule has 4 nitrogen and oxygen atoms in total. The number of aromatic nitrogens is 4. The van der Waals surface area contributed by atoms with Gasteiger partial charge in [0.15, 0.2) is 0 Å². The summed E-state index contributed by atoms with van der Waals surface area (Å²) in [7, 11) is 0. The highest BCUT2D eigenvalue weighted by Gasteiger charge is 2.15. The SMILES string of the molecule is c1cc2c3[nH]c(cc3c1)Cc1cc3cccc(c3[nH]1)Cc1cccc3cc([nH]c13)Cc1cccc3cc([nH]c13)C2. The van der Waals surface area contributed by atoms with Crippen LogP contribution in [-0.2, 0) is 25.7 Å². The standard InChI is InChI=1S/C36H28N4/c1-5-21-13-22-6-2-8-27-18-31(39-34(22)27)20-32-19-28-12-4-11-26(36(28)40-32)17-30-16-25-10-3-9-24(35(25)38-30)15-29-14-23(7-1)33(21)37-29/h1-12,14,16,18-19,37-40H,13,15,17,20H2. The topological polar surface area (TPSA) is 63.2 Å². The summed E-state index contributed by atoms with van der Waals surface area (Å²) in [4.78, 5) is 15.1. The Bertz CT molecular complexity index is 2230. The Morgan fingerprint density at radius 1 is 0.325 bits per heavy atom. The number of H-pyrrole nitrogens is 4. The van der Waals surface area contributed by atoms with E-state index in [0.29, 0.717) is 0 Å². The van der Waals surface area contributed by atoms with Crippen LogP contribution >= 0.6 is 0 Å². The second kappa shape index (κ2) is 8.27. The van der Waals surface area contributed by atoms with Crippen molar-refractivity contribution in [2.45, 2.75) is 25.7 Å². The van der Waals surface area contributed by atoms with Gasteiger partial charge in [-0.1, -0.05) is 72.8 Å². The highest BCUT2D eigenvalue weighted by molar-refractivity contribution is 5.89. The maximum absolute atomic E-state index is 3.80. The highest BCUT2D eigenvalue weighted by Crippen LogP contribution is 2.30. The number of aromatic amines is 4. The van der Waals surface area contributed by atoms with Crippen LogP contribution in [0.5, 0.6) is 0 Å². The van der Waals surface area contributed by atoms with E-state index in [0.717, 1.165) is 25.7 Å². The Morgan fingerprint density at radius 2 is 0.625 bits per heavy atom. The molecule has 4 aromatic heterocycles. The van der Waals surface area contributed by atoms with Gasteiger partial charge >= 0.3 is 0 Å². The van der Waals surface area contributed by atoms with E-state index in [2.05, 4.69) is 117 Å². The summed E-state index contributed by atoms with van der Waals surface area (Å²) in [5.74, 6) is 0. The van der Waals surface area contributed by atoms with Gasteiger partial charge in [0.25, 0.3) is 0 Å². The Morgan fingerprint density at radius 3 is 0.975 bits per heavy atom. The molecule has 8 aromatic rings. The van der Waals surface area contributed by atoms with Gasteiger partial charge in [-0.2, -0.15) is 0 Å². The van der Waals surface area contributed by atoms with Gasteiger partial charge in [0.1, 0.15) is 0 Å². The molecule has 0 fully saturated rings. The van der Waals surface area contributed by atoms with Gasteiger partial charge in [0, 0.05) is 70.5 Å². The maximum Gasteiger partial charge on any atom is 0.0492 e. The lowest BCUT2D eigenvalue weighted by Gasteiger charge is -2.06. The highest BCUT2D eigenvalue weighted by atomic mass is 14.8. The van der Waals surface area contributed by atoms with E-state index in [1.807, 2.05) is 0 Å². The third-order valence-electron chi connectivity index (χ3n) is 8.72. The average Bonchev–Trinajstić information content (AvgIpc) is 3.73. The fourth-order valence-corrected chi connectivity index (χ4v) is 6.90. The van der Waals surface area contributed by atoms with E-state index in [9.17, 15) is 0 Å². The van der Waals surface area contributed by atoms with Crippen molar-refractivity contribution in [1.29, 1.82) is 0 Å². The summed E-state index contributed by atoms with van der Waals surface area (Å²) in [6.45, 7) is 0. The van der Waals surface area contributed by atoms with Gasteiger partial charge in [-0.3, -0.25) is 0 Å². The van der Waals surface area contributed by atoms with E-state index >= 15 is 0 Å². The first-order valence-corrected chi connectivity index (χ1v) is 14.1. The van der Waals surface area contributed by atoms with E-state index in [-0.39, 0.29) is 0 Å². The number of para-hydroxylation sites is 4. The summed E-state index contributed by atoms with van der Waals surface area (Å²) in [6, 6.07) is 35.9. The lowest BCUT2D eigenvalue weighted by atomic mass is 10.0. The second-order valence-corrected chi connectivity index (χ2v) is 11.4. The number of fused-ring (bicyclic) bond motifs is 4. The quantitative estimate of drug-likeness (QED) is 0.157. The van der Waals surface area contributed by atoms with Crippen molar-refractivity contribution in [3.63, 3.8) is 0 Å². The maximum atomic E-state index is 3.80. The van der Waals surface area contributed by atoms with Crippen LogP contribution in [0.1, 0.15) is 45.0 Å². The molecule has 192 valence electrons. The second-order valence-electron chi connectivity index (χ2n) is 11.4. The van der Waals surface area contributed by atoms with Gasteiger partial charge in [0.05, 0.1) is 0 Å². The van der Waals surface area contributed by atoms with Gasteiger partial charge in [0.2, 0.25) is 0 Å². The number of hydrogen-bond acceptors (Lipinski definition) is 0. The van der Waals surface area contributed by atoms with Crippen LogP contribution in [0.3, 0.4) is 0 Å². The lowest BCUT2D eigenvalue weighted by molar-refractivity contribution is 1.06. The number of rotatable bonds is 0. The van der Waals surface area contributed by atoms with Gasteiger partial charge in [-0.25, -0.2) is 0 Å². The summed E-state index contributed by atoms with van der Waals surface area (Å²) >= 11 is 0. The molecule has 1 aliphatic rings. The molecule has 4 heteroatoms. The molecule has 0 amide bonds. The molecule has 0 spiro atoms. The molecule has 1 aliphatic heterocycles. The average molecular weight is 517 g/mol. The van der Waals surface area contributed by atoms with E-state index in [1.165, 1.54) is 88.6 Å². The molecular formula is C36H28N4. The fourth-order valence-electron chi connectivity index (χ4n) is 6.90. The zero-order valence-electron chi connectivity index (χ0n) is 22.1. The largest absolute Gasteiger partial charge is 0.358 e. The van der Waals surface area contributed by atoms with Crippen LogP contribution in [0.4, 0.5) is 0 Å². The van der Waals surface area contributed by atoms with Crippen LogP contribution in [0.25, 0.3) is 43.6 Å². The van der Waals surface area contributed by atoms with Crippen molar-refractivity contribution < 1.29 is 0 Å². The first-order chi connectivity index (χ1) is 19.7. The molecule has 0 aliphatic carbocycles. The van der Waals surface area contributed by atoms with Crippen LogP contribution in [-0.4, -0.2) is 19.9 Å². The predicted molar refractivity (Wildman–Crippen MR) is 164 cm³/mol. The first kappa shape index (κ1) is 21.9. The fraction of sp³-hybridized carbons (Fsp3) is 0.111. The van der Waals surface area contributed by atoms with Gasteiger partial charge in [-0.05, 0) is 68.1 Å². The summed E-state index contributed by atoms with van der Waals surface area (Å²) in [5.41, 5.74) is 15.2. The van der Waals surface area contributed by atoms with Gasteiger partial charge < -0.3 is 19.9 Å². The van der Waals surface area contributed by atoms with E-state index in [4.69, 9.17) is 0 Å². The normalized spacial score (nSPS) is 13.6. The molecule has 0 saturated heterocycles. The zero-order chi connectivity index (χ0) is 26.2. The van der Waals surface area contributed by atoms with Crippen LogP contribution in [0, 0.1) is 0 Å². The number of benzene rings is 4. The third-order valence-corrected chi connectivity index (χ3v) is 8.72. The monoisotopic (exact) mass is 516 g/mol. The van der Waals surface area contributed by atoms with Crippen molar-refractivity contribution in [1.82, 2.24) is 19.9 Å². The first-order valence-electron chi connectivity index (χ1n) is 14.1. The lowest BCUT2D eigenvalue weighted by Crippen LogP contribution is -1.94. The van der Waals surface area contributed by atoms with Crippen molar-refractivity contribution >= 4 is 43.6 Å². The Hall–Kier alpha value is -4.96. The van der Waals surface area contributed by atoms with E-state index < -0.39 is 0 Å². The molecule has 9 rings (SSSR count). The molecule has 8 bridgehead atoms. The van der Waals surface area contributed by atoms with Crippen molar-refractivity contribution in [3.05, 3.63) is 142 Å². The predicted octanol–water partition coefficient (Wildman–Crippen LogP) is 8.29. The van der Waals surface area contributed by atoms with Gasteiger partial charge in [-0.15, -0.1) is 0 Å². The third kappa shape index (κ3) is 3.46. The molecule has 0 unspecified atom stereocenters. The zero-order valence-corrected chi connectivity index (χ0v) is 22.1. The molecule has 40 heavy (non-hydrogen) atoms. The molecule has 0 atom stereocenters. The van der Waals surface area contributed by atoms with Crippen LogP contribution in [0.15, 0.2) is 97.1 Å². The minimum atomic E-state index is 0.841. The number of hydrogen-bond donors (Lipinski definition) is 4. The molecule has 0 radical (unpaired) electrons. The Balaban J connectivity index is 1.26. The summed E-state index contributed by atoms with van der Waals surface area (Å²) in [5, 5.41) is 5.07. The molecule has 4 N–H and O–H groups in total.